The minimum atomic E-state index is 0.135. The second kappa shape index (κ2) is 7.12. The van der Waals surface area contributed by atoms with Crippen molar-refractivity contribution in [3.63, 3.8) is 0 Å². The standard InChI is InChI=1S/C17H20N6O2/c1-12-15-16(20-11-21-17(15)25-22-12)19-10-14(13-4-2-3-5-18-13)23-6-8-24-9-7-23/h2-5,11,14H,6-10H2,1H3,(H,19,20,21)/t14-/m0/s1. The third-order valence-electron chi connectivity index (χ3n) is 4.42. The molecule has 1 atom stereocenters. The molecule has 3 aromatic heterocycles. The first-order valence-electron chi connectivity index (χ1n) is 8.36. The Labute approximate surface area is 145 Å². The highest BCUT2D eigenvalue weighted by Crippen LogP contribution is 2.25. The number of rotatable bonds is 5. The van der Waals surface area contributed by atoms with Gasteiger partial charge in [0.05, 0.1) is 30.6 Å². The van der Waals surface area contributed by atoms with Crippen LogP contribution in [0.25, 0.3) is 11.1 Å². The van der Waals surface area contributed by atoms with E-state index in [1.165, 1.54) is 6.33 Å². The Morgan fingerprint density at radius 3 is 2.88 bits per heavy atom. The minimum Gasteiger partial charge on any atom is -0.379 e. The molecule has 0 aromatic carbocycles. The lowest BCUT2D eigenvalue weighted by Crippen LogP contribution is -2.41. The average molecular weight is 340 g/mol. The SMILES string of the molecule is Cc1noc2ncnc(NC[C@@H](c3ccccn3)N3CCOCC3)c12. The molecule has 1 fully saturated rings. The van der Waals surface area contributed by atoms with Gasteiger partial charge in [-0.05, 0) is 19.1 Å². The predicted octanol–water partition coefficient (Wildman–Crippen LogP) is 1.81. The summed E-state index contributed by atoms with van der Waals surface area (Å²) in [5.41, 5.74) is 2.30. The summed E-state index contributed by atoms with van der Waals surface area (Å²) in [6, 6.07) is 6.14. The second-order valence-electron chi connectivity index (χ2n) is 5.97. The molecule has 1 N–H and O–H groups in total. The van der Waals surface area contributed by atoms with Crippen molar-refractivity contribution in [2.45, 2.75) is 13.0 Å². The van der Waals surface area contributed by atoms with Crippen LogP contribution in [0.1, 0.15) is 17.4 Å². The van der Waals surface area contributed by atoms with Crippen molar-refractivity contribution in [1.29, 1.82) is 0 Å². The Morgan fingerprint density at radius 1 is 1.20 bits per heavy atom. The number of nitrogens with one attached hydrogen (secondary N) is 1. The first kappa shape index (κ1) is 15.9. The number of hydrogen-bond donors (Lipinski definition) is 1. The fraction of sp³-hybridized carbons (Fsp3) is 0.412. The van der Waals surface area contributed by atoms with Crippen LogP contribution in [-0.4, -0.2) is 57.9 Å². The highest BCUT2D eigenvalue weighted by Gasteiger charge is 2.24. The van der Waals surface area contributed by atoms with Crippen molar-refractivity contribution < 1.29 is 9.26 Å². The fourth-order valence-electron chi connectivity index (χ4n) is 3.13. The molecule has 0 radical (unpaired) electrons. The van der Waals surface area contributed by atoms with E-state index in [2.05, 4.69) is 36.4 Å². The van der Waals surface area contributed by atoms with E-state index in [0.717, 1.165) is 48.9 Å². The molecule has 3 aromatic rings. The lowest BCUT2D eigenvalue weighted by molar-refractivity contribution is 0.0179. The molecule has 1 aliphatic heterocycles. The number of pyridine rings is 1. The largest absolute Gasteiger partial charge is 0.379 e. The Balaban J connectivity index is 1.59. The van der Waals surface area contributed by atoms with Crippen molar-refractivity contribution in [3.8, 4) is 0 Å². The number of nitrogens with zero attached hydrogens (tertiary/aromatic N) is 5. The zero-order valence-electron chi connectivity index (χ0n) is 14.1. The van der Waals surface area contributed by atoms with Gasteiger partial charge in [-0.3, -0.25) is 9.88 Å². The molecular weight excluding hydrogens is 320 g/mol. The molecule has 0 unspecified atom stereocenters. The Hall–Kier alpha value is -2.58. The van der Waals surface area contributed by atoms with Gasteiger partial charge in [-0.2, -0.15) is 4.98 Å². The summed E-state index contributed by atoms with van der Waals surface area (Å²) < 4.78 is 10.7. The number of aromatic nitrogens is 4. The summed E-state index contributed by atoms with van der Waals surface area (Å²) in [7, 11) is 0. The van der Waals surface area contributed by atoms with Crippen LogP contribution in [0.5, 0.6) is 0 Å². The molecule has 0 aliphatic carbocycles. The van der Waals surface area contributed by atoms with Crippen molar-refractivity contribution in [2.75, 3.05) is 38.2 Å². The first-order chi connectivity index (χ1) is 12.3. The normalized spacial score (nSPS) is 16.8. The highest BCUT2D eigenvalue weighted by atomic mass is 16.5. The number of hydrogen-bond acceptors (Lipinski definition) is 8. The van der Waals surface area contributed by atoms with Gasteiger partial charge in [-0.25, -0.2) is 4.98 Å². The summed E-state index contributed by atoms with van der Waals surface area (Å²) in [5, 5.41) is 8.23. The van der Waals surface area contributed by atoms with Crippen LogP contribution < -0.4 is 5.32 Å². The van der Waals surface area contributed by atoms with Gasteiger partial charge in [0.1, 0.15) is 17.5 Å². The van der Waals surface area contributed by atoms with Crippen molar-refractivity contribution in [1.82, 2.24) is 25.0 Å². The third-order valence-corrected chi connectivity index (χ3v) is 4.42. The van der Waals surface area contributed by atoms with Crippen LogP contribution >= 0.6 is 0 Å². The van der Waals surface area contributed by atoms with Crippen LogP contribution in [0.2, 0.25) is 0 Å². The summed E-state index contributed by atoms with van der Waals surface area (Å²) >= 11 is 0. The topological polar surface area (TPSA) is 89.2 Å². The molecule has 25 heavy (non-hydrogen) atoms. The molecule has 0 amide bonds. The Bertz CT molecular complexity index is 832. The second-order valence-corrected chi connectivity index (χ2v) is 5.97. The number of fused-ring (bicyclic) bond motifs is 1. The molecule has 0 spiro atoms. The van der Waals surface area contributed by atoms with Crippen LogP contribution in [0.3, 0.4) is 0 Å². The van der Waals surface area contributed by atoms with Crippen LogP contribution in [-0.2, 0) is 4.74 Å². The lowest BCUT2D eigenvalue weighted by atomic mass is 10.1. The molecular formula is C17H20N6O2. The summed E-state index contributed by atoms with van der Waals surface area (Å²) in [4.78, 5) is 15.4. The average Bonchev–Trinajstić information content (AvgIpc) is 3.06. The van der Waals surface area contributed by atoms with Gasteiger partial charge >= 0.3 is 0 Å². The van der Waals surface area contributed by atoms with Gasteiger partial charge in [-0.1, -0.05) is 11.2 Å². The molecule has 130 valence electrons. The number of anilines is 1. The monoisotopic (exact) mass is 340 g/mol. The van der Waals surface area contributed by atoms with Gasteiger partial charge < -0.3 is 14.6 Å². The predicted molar refractivity (Wildman–Crippen MR) is 92.2 cm³/mol. The molecule has 8 heteroatoms. The minimum absolute atomic E-state index is 0.135. The molecule has 4 heterocycles. The van der Waals surface area contributed by atoms with Gasteiger partial charge in [0.25, 0.3) is 5.71 Å². The van der Waals surface area contributed by atoms with Gasteiger partial charge in [0.2, 0.25) is 0 Å². The van der Waals surface area contributed by atoms with Crippen LogP contribution in [0, 0.1) is 6.92 Å². The van der Waals surface area contributed by atoms with Gasteiger partial charge in [-0.15, -0.1) is 0 Å². The third kappa shape index (κ3) is 3.31. The summed E-state index contributed by atoms with van der Waals surface area (Å²) in [6.45, 7) is 5.81. The van der Waals surface area contributed by atoms with E-state index in [9.17, 15) is 0 Å². The molecule has 4 rings (SSSR count). The lowest BCUT2D eigenvalue weighted by Gasteiger charge is -2.34. The maximum absolute atomic E-state index is 5.49. The van der Waals surface area contributed by atoms with E-state index in [0.29, 0.717) is 12.3 Å². The van der Waals surface area contributed by atoms with E-state index in [1.54, 1.807) is 0 Å². The molecule has 0 bridgehead atoms. The number of ether oxygens (including phenoxy) is 1. The fourth-order valence-corrected chi connectivity index (χ4v) is 3.13. The Morgan fingerprint density at radius 2 is 2.08 bits per heavy atom. The number of morpholine rings is 1. The van der Waals surface area contributed by atoms with Crippen LogP contribution in [0.4, 0.5) is 5.82 Å². The Kier molecular flexibility index (Phi) is 4.53. The van der Waals surface area contributed by atoms with E-state index in [4.69, 9.17) is 9.26 Å². The van der Waals surface area contributed by atoms with E-state index in [1.807, 2.05) is 25.3 Å². The van der Waals surface area contributed by atoms with E-state index >= 15 is 0 Å². The van der Waals surface area contributed by atoms with Crippen LogP contribution in [0.15, 0.2) is 35.2 Å². The molecule has 8 nitrogen and oxygen atoms in total. The summed E-state index contributed by atoms with van der Waals surface area (Å²) in [6.07, 6.45) is 3.32. The van der Waals surface area contributed by atoms with Crippen molar-refractivity contribution in [2.24, 2.45) is 0 Å². The smallest absolute Gasteiger partial charge is 0.263 e. The maximum atomic E-state index is 5.49. The van der Waals surface area contributed by atoms with Gasteiger partial charge in [0.15, 0.2) is 0 Å². The maximum Gasteiger partial charge on any atom is 0.263 e. The summed E-state index contributed by atoms with van der Waals surface area (Å²) in [5.74, 6) is 0.734. The van der Waals surface area contributed by atoms with E-state index in [-0.39, 0.29) is 6.04 Å². The first-order valence-corrected chi connectivity index (χ1v) is 8.36. The van der Waals surface area contributed by atoms with E-state index < -0.39 is 0 Å². The highest BCUT2D eigenvalue weighted by molar-refractivity contribution is 5.87. The zero-order valence-corrected chi connectivity index (χ0v) is 14.1. The van der Waals surface area contributed by atoms with Crippen molar-refractivity contribution in [3.05, 3.63) is 42.1 Å². The van der Waals surface area contributed by atoms with Crippen molar-refractivity contribution >= 4 is 16.9 Å². The molecule has 1 aliphatic rings. The quantitative estimate of drug-likeness (QED) is 0.752. The number of aryl methyl sites for hydroxylation is 1. The molecule has 1 saturated heterocycles. The zero-order chi connectivity index (χ0) is 17.1. The van der Waals surface area contributed by atoms with Gasteiger partial charge in [0, 0.05) is 25.8 Å². The molecule has 0 saturated carbocycles.